The van der Waals surface area contributed by atoms with Crippen molar-refractivity contribution in [2.24, 2.45) is 4.99 Å². The first-order chi connectivity index (χ1) is 15.2. The van der Waals surface area contributed by atoms with Crippen molar-refractivity contribution in [3.05, 3.63) is 71.0 Å². The van der Waals surface area contributed by atoms with Crippen LogP contribution < -0.4 is 10.6 Å². The second kappa shape index (κ2) is 12.0. The highest BCUT2D eigenvalue weighted by molar-refractivity contribution is 14.0. The summed E-state index contributed by atoms with van der Waals surface area (Å²) < 4.78 is 19.8. The minimum absolute atomic E-state index is 0. The molecule has 2 aromatic rings. The van der Waals surface area contributed by atoms with Gasteiger partial charge >= 0.3 is 0 Å². The highest BCUT2D eigenvalue weighted by Gasteiger charge is 2.45. The second-order valence-corrected chi connectivity index (χ2v) is 8.47. The molecule has 2 aromatic carbocycles. The Balaban J connectivity index is 0.00000289. The first-order valence-corrected chi connectivity index (χ1v) is 11.3. The molecular formula is C25H34FIN4O. The van der Waals surface area contributed by atoms with Gasteiger partial charge in [0.05, 0.1) is 19.8 Å². The van der Waals surface area contributed by atoms with E-state index in [0.717, 1.165) is 63.8 Å². The molecular weight excluding hydrogens is 518 g/mol. The Hall–Kier alpha value is -1.71. The monoisotopic (exact) mass is 552 g/mol. The third kappa shape index (κ3) is 6.42. The molecule has 0 radical (unpaired) electrons. The van der Waals surface area contributed by atoms with Crippen molar-refractivity contribution in [2.45, 2.75) is 38.3 Å². The van der Waals surface area contributed by atoms with Gasteiger partial charge in [-0.05, 0) is 42.5 Å². The van der Waals surface area contributed by atoms with E-state index in [-0.39, 0.29) is 35.2 Å². The van der Waals surface area contributed by atoms with E-state index in [9.17, 15) is 4.39 Å². The van der Waals surface area contributed by atoms with Crippen LogP contribution >= 0.6 is 24.0 Å². The maximum absolute atomic E-state index is 14.3. The van der Waals surface area contributed by atoms with E-state index in [1.165, 1.54) is 11.1 Å². The smallest absolute Gasteiger partial charge is 0.191 e. The van der Waals surface area contributed by atoms with Crippen LogP contribution in [0.1, 0.15) is 36.5 Å². The molecule has 174 valence electrons. The molecule has 1 aliphatic carbocycles. The highest BCUT2D eigenvalue weighted by Crippen LogP contribution is 2.48. The van der Waals surface area contributed by atoms with Crippen LogP contribution in [0, 0.1) is 5.82 Å². The number of rotatable bonds is 8. The number of halogens is 2. The molecule has 0 amide bonds. The van der Waals surface area contributed by atoms with Crippen molar-refractivity contribution in [1.82, 2.24) is 15.5 Å². The molecule has 32 heavy (non-hydrogen) atoms. The summed E-state index contributed by atoms with van der Waals surface area (Å²) in [6, 6.07) is 15.7. The molecule has 0 unspecified atom stereocenters. The quantitative estimate of drug-likeness (QED) is 0.295. The lowest BCUT2D eigenvalue weighted by Gasteiger charge is -2.27. The van der Waals surface area contributed by atoms with Crippen molar-refractivity contribution >= 4 is 29.9 Å². The van der Waals surface area contributed by atoms with Crippen molar-refractivity contribution in [1.29, 1.82) is 0 Å². The summed E-state index contributed by atoms with van der Waals surface area (Å²) in [5.41, 5.74) is 3.25. The maximum atomic E-state index is 14.3. The van der Waals surface area contributed by atoms with Crippen molar-refractivity contribution < 1.29 is 9.13 Å². The van der Waals surface area contributed by atoms with Crippen LogP contribution in [-0.4, -0.2) is 50.3 Å². The van der Waals surface area contributed by atoms with E-state index in [0.29, 0.717) is 13.1 Å². The summed E-state index contributed by atoms with van der Waals surface area (Å²) in [4.78, 5) is 7.27. The number of benzene rings is 2. The molecule has 2 fully saturated rings. The number of nitrogens with zero attached hydrogens (tertiary/aromatic N) is 2. The van der Waals surface area contributed by atoms with Gasteiger partial charge in [0.1, 0.15) is 5.82 Å². The molecule has 1 heterocycles. The molecule has 2 aliphatic rings. The van der Waals surface area contributed by atoms with Crippen LogP contribution in [0.3, 0.4) is 0 Å². The zero-order chi connectivity index (χ0) is 21.5. The lowest BCUT2D eigenvalue weighted by Crippen LogP contribution is -2.41. The average Bonchev–Trinajstić information content (AvgIpc) is 3.58. The summed E-state index contributed by atoms with van der Waals surface area (Å²) in [5, 5.41) is 6.80. The molecule has 1 saturated heterocycles. The number of nitrogens with one attached hydrogen (secondary N) is 2. The van der Waals surface area contributed by atoms with E-state index in [2.05, 4.69) is 46.7 Å². The number of ether oxygens (including phenoxy) is 1. The summed E-state index contributed by atoms with van der Waals surface area (Å²) in [7, 11) is 0. The molecule has 5 nitrogen and oxygen atoms in total. The molecule has 0 atom stereocenters. The van der Waals surface area contributed by atoms with Crippen LogP contribution in [-0.2, 0) is 23.2 Å². The first kappa shape index (κ1) is 24.9. The molecule has 1 saturated carbocycles. The van der Waals surface area contributed by atoms with Crippen LogP contribution in [0.5, 0.6) is 0 Å². The predicted molar refractivity (Wildman–Crippen MR) is 138 cm³/mol. The Morgan fingerprint density at radius 3 is 2.41 bits per heavy atom. The van der Waals surface area contributed by atoms with E-state index in [1.807, 2.05) is 12.1 Å². The van der Waals surface area contributed by atoms with Gasteiger partial charge in [-0.2, -0.15) is 0 Å². The van der Waals surface area contributed by atoms with Gasteiger partial charge in [-0.3, -0.25) is 4.90 Å². The number of hydrogen-bond donors (Lipinski definition) is 2. The van der Waals surface area contributed by atoms with Gasteiger partial charge in [-0.25, -0.2) is 9.38 Å². The SMILES string of the molecule is CCNC(=NCc1ccccc1CN1CCOCC1)NCC1(c2ccccc2F)CC1.I. The molecule has 4 rings (SSSR count). The van der Waals surface area contributed by atoms with Crippen LogP contribution in [0.15, 0.2) is 53.5 Å². The fraction of sp³-hybridized carbons (Fsp3) is 0.480. The minimum atomic E-state index is -0.115. The minimum Gasteiger partial charge on any atom is -0.379 e. The Morgan fingerprint density at radius 2 is 1.72 bits per heavy atom. The van der Waals surface area contributed by atoms with E-state index in [1.54, 1.807) is 12.1 Å². The van der Waals surface area contributed by atoms with E-state index < -0.39 is 0 Å². The molecule has 0 aromatic heterocycles. The third-order valence-electron chi connectivity index (χ3n) is 6.26. The van der Waals surface area contributed by atoms with Gasteiger partial charge in [0.25, 0.3) is 0 Å². The lowest BCUT2D eigenvalue weighted by molar-refractivity contribution is 0.0341. The zero-order valence-electron chi connectivity index (χ0n) is 18.8. The second-order valence-electron chi connectivity index (χ2n) is 8.47. The summed E-state index contributed by atoms with van der Waals surface area (Å²) in [5.74, 6) is 0.673. The zero-order valence-corrected chi connectivity index (χ0v) is 21.1. The molecule has 1 aliphatic heterocycles. The Morgan fingerprint density at radius 1 is 1.03 bits per heavy atom. The highest BCUT2D eigenvalue weighted by atomic mass is 127. The lowest BCUT2D eigenvalue weighted by atomic mass is 9.95. The summed E-state index contributed by atoms with van der Waals surface area (Å²) in [6.45, 7) is 8.63. The molecule has 2 N–H and O–H groups in total. The topological polar surface area (TPSA) is 48.9 Å². The van der Waals surface area contributed by atoms with Crippen LogP contribution in [0.25, 0.3) is 0 Å². The van der Waals surface area contributed by atoms with Gasteiger partial charge in [0.15, 0.2) is 5.96 Å². The van der Waals surface area contributed by atoms with Crippen molar-refractivity contribution in [3.8, 4) is 0 Å². The van der Waals surface area contributed by atoms with Crippen LogP contribution in [0.4, 0.5) is 4.39 Å². The number of morpholine rings is 1. The fourth-order valence-electron chi connectivity index (χ4n) is 4.21. The molecule has 7 heteroatoms. The van der Waals surface area contributed by atoms with Gasteiger partial charge in [0.2, 0.25) is 0 Å². The Labute approximate surface area is 207 Å². The van der Waals surface area contributed by atoms with Crippen LogP contribution in [0.2, 0.25) is 0 Å². The first-order valence-electron chi connectivity index (χ1n) is 11.3. The number of hydrogen-bond acceptors (Lipinski definition) is 3. The Bertz CT molecular complexity index is 897. The standard InChI is InChI=1S/C25H33FN4O.HI/c1-2-27-24(29-19-25(11-12-25)22-9-5-6-10-23(22)26)28-17-20-7-3-4-8-21(20)18-30-13-15-31-16-14-30;/h3-10H,2,11-19H2,1H3,(H2,27,28,29);1H. The summed E-state index contributed by atoms with van der Waals surface area (Å²) >= 11 is 0. The normalized spacial score (nSPS) is 18.0. The third-order valence-corrected chi connectivity index (χ3v) is 6.26. The molecule has 0 spiro atoms. The molecule has 0 bridgehead atoms. The summed E-state index contributed by atoms with van der Waals surface area (Å²) in [6.07, 6.45) is 2.01. The predicted octanol–water partition coefficient (Wildman–Crippen LogP) is 4.06. The number of aliphatic imine (C=N–C) groups is 1. The Kier molecular flexibility index (Phi) is 9.31. The van der Waals surface area contributed by atoms with Gasteiger partial charge in [-0.15, -0.1) is 24.0 Å². The van der Waals surface area contributed by atoms with Gasteiger partial charge in [0, 0.05) is 38.1 Å². The van der Waals surface area contributed by atoms with Gasteiger partial charge in [-0.1, -0.05) is 42.5 Å². The van der Waals surface area contributed by atoms with Gasteiger partial charge < -0.3 is 15.4 Å². The van der Waals surface area contributed by atoms with E-state index in [4.69, 9.17) is 9.73 Å². The van der Waals surface area contributed by atoms with Crippen molar-refractivity contribution in [3.63, 3.8) is 0 Å². The van der Waals surface area contributed by atoms with Crippen molar-refractivity contribution in [2.75, 3.05) is 39.4 Å². The number of guanidine groups is 1. The largest absolute Gasteiger partial charge is 0.379 e. The van der Waals surface area contributed by atoms with E-state index >= 15 is 0 Å². The average molecular weight is 552 g/mol. The maximum Gasteiger partial charge on any atom is 0.191 e. The fourth-order valence-corrected chi connectivity index (χ4v) is 4.21.